The quantitative estimate of drug-likeness (QED) is 0.745. The minimum atomic E-state index is -2.93. The van der Waals surface area contributed by atoms with Gasteiger partial charge in [0.25, 0.3) is 0 Å². The molecule has 7 heteroatoms. The maximum absolute atomic E-state index is 11.8. The summed E-state index contributed by atoms with van der Waals surface area (Å²) in [5.74, 6) is 1.15. The zero-order chi connectivity index (χ0) is 15.6. The summed E-state index contributed by atoms with van der Waals surface area (Å²) >= 11 is 0. The molecule has 1 aliphatic carbocycles. The van der Waals surface area contributed by atoms with E-state index in [0.29, 0.717) is 6.54 Å². The number of aromatic nitrogens is 2. The van der Waals surface area contributed by atoms with Crippen LogP contribution in [-0.4, -0.2) is 60.4 Å². The Kier molecular flexibility index (Phi) is 4.84. The van der Waals surface area contributed by atoms with Crippen molar-refractivity contribution in [1.29, 1.82) is 0 Å². The first kappa shape index (κ1) is 16.0. The van der Waals surface area contributed by atoms with Crippen molar-refractivity contribution in [2.24, 2.45) is 5.92 Å². The molecular formula is C15H25N3O3S. The van der Waals surface area contributed by atoms with Gasteiger partial charge in [0.05, 0.1) is 24.1 Å². The highest BCUT2D eigenvalue weighted by Gasteiger charge is 2.27. The molecule has 2 heterocycles. The lowest BCUT2D eigenvalue weighted by molar-refractivity contribution is 0.0148. The van der Waals surface area contributed by atoms with Crippen molar-refractivity contribution < 1.29 is 13.2 Å². The van der Waals surface area contributed by atoms with Crippen LogP contribution in [0, 0.1) is 5.92 Å². The smallest absolute Gasteiger partial charge is 0.151 e. The van der Waals surface area contributed by atoms with Gasteiger partial charge in [0.15, 0.2) is 9.84 Å². The van der Waals surface area contributed by atoms with E-state index >= 15 is 0 Å². The second-order valence-corrected chi connectivity index (χ2v) is 8.85. The molecule has 22 heavy (non-hydrogen) atoms. The number of hydrogen-bond acceptors (Lipinski definition) is 5. The van der Waals surface area contributed by atoms with E-state index in [4.69, 9.17) is 4.74 Å². The Balaban J connectivity index is 1.63. The molecule has 6 nitrogen and oxygen atoms in total. The van der Waals surface area contributed by atoms with Crippen molar-refractivity contribution in [2.75, 3.05) is 31.2 Å². The molecule has 1 unspecified atom stereocenters. The first-order valence-corrected chi connectivity index (χ1v) is 9.93. The van der Waals surface area contributed by atoms with Crippen molar-refractivity contribution in [3.63, 3.8) is 0 Å². The maximum atomic E-state index is 11.8. The highest BCUT2D eigenvalue weighted by molar-refractivity contribution is 7.91. The molecule has 1 aromatic rings. The van der Waals surface area contributed by atoms with Gasteiger partial charge in [-0.05, 0) is 24.8 Å². The van der Waals surface area contributed by atoms with Gasteiger partial charge in [-0.25, -0.2) is 8.42 Å². The Morgan fingerprint density at radius 2 is 2.18 bits per heavy atom. The minimum Gasteiger partial charge on any atom is -0.375 e. The second-order valence-electron chi connectivity index (χ2n) is 6.37. The Labute approximate surface area is 132 Å². The number of nitrogens with zero attached hydrogens (tertiary/aromatic N) is 3. The summed E-state index contributed by atoms with van der Waals surface area (Å²) < 4.78 is 31.5. The van der Waals surface area contributed by atoms with E-state index in [-0.39, 0.29) is 17.6 Å². The molecule has 3 rings (SSSR count). The van der Waals surface area contributed by atoms with Crippen LogP contribution in [0.2, 0.25) is 0 Å². The monoisotopic (exact) mass is 327 g/mol. The number of hydrogen-bond donors (Lipinski definition) is 0. The van der Waals surface area contributed by atoms with E-state index in [9.17, 15) is 8.42 Å². The molecule has 1 aromatic heterocycles. The predicted molar refractivity (Wildman–Crippen MR) is 84.3 cm³/mol. The van der Waals surface area contributed by atoms with Gasteiger partial charge in [0.2, 0.25) is 0 Å². The summed E-state index contributed by atoms with van der Waals surface area (Å²) in [5.41, 5.74) is 1.13. The van der Waals surface area contributed by atoms with Crippen LogP contribution in [0.5, 0.6) is 0 Å². The lowest BCUT2D eigenvalue weighted by Gasteiger charge is -2.23. The normalized spacial score (nSPS) is 23.2. The zero-order valence-corrected chi connectivity index (χ0v) is 14.0. The number of rotatable bonds is 7. The molecule has 0 aromatic carbocycles. The van der Waals surface area contributed by atoms with Crippen molar-refractivity contribution >= 4 is 9.84 Å². The van der Waals surface area contributed by atoms with Gasteiger partial charge in [-0.1, -0.05) is 6.92 Å². The Bertz CT molecular complexity index is 595. The first-order valence-electron chi connectivity index (χ1n) is 8.11. The average Bonchev–Trinajstić information content (AvgIpc) is 3.26. The van der Waals surface area contributed by atoms with Crippen molar-refractivity contribution in [3.05, 3.63) is 18.0 Å². The Hall–Kier alpha value is -0.920. The second kappa shape index (κ2) is 6.68. The zero-order valence-electron chi connectivity index (χ0n) is 13.1. The highest BCUT2D eigenvalue weighted by Crippen LogP contribution is 2.29. The molecule has 0 saturated heterocycles. The molecule has 0 bridgehead atoms. The predicted octanol–water partition coefficient (Wildman–Crippen LogP) is 0.929. The third-order valence-corrected chi connectivity index (χ3v) is 6.14. The van der Waals surface area contributed by atoms with E-state index in [0.717, 1.165) is 37.9 Å². The summed E-state index contributed by atoms with van der Waals surface area (Å²) in [6.45, 7) is 5.35. The molecule has 0 amide bonds. The molecule has 1 atom stereocenters. The first-order chi connectivity index (χ1) is 10.6. The summed E-state index contributed by atoms with van der Waals surface area (Å²) in [4.78, 5) is 2.19. The number of fused-ring (bicyclic) bond motifs is 1. The van der Waals surface area contributed by atoms with Crippen molar-refractivity contribution in [2.45, 2.75) is 39.0 Å². The number of ether oxygens (including phenoxy) is 1. The highest BCUT2D eigenvalue weighted by atomic mass is 32.2. The van der Waals surface area contributed by atoms with Gasteiger partial charge < -0.3 is 4.74 Å². The van der Waals surface area contributed by atoms with Crippen LogP contribution >= 0.6 is 0 Å². The maximum Gasteiger partial charge on any atom is 0.151 e. The van der Waals surface area contributed by atoms with E-state index in [2.05, 4.69) is 10.00 Å². The molecule has 1 saturated carbocycles. The molecule has 0 N–H and O–H groups in total. The topological polar surface area (TPSA) is 64.4 Å². The van der Waals surface area contributed by atoms with Crippen LogP contribution in [0.1, 0.15) is 25.5 Å². The molecule has 124 valence electrons. The third-order valence-electron chi connectivity index (χ3n) is 4.45. The van der Waals surface area contributed by atoms with Crippen LogP contribution in [0.15, 0.2) is 12.3 Å². The fraction of sp³-hybridized carbons (Fsp3) is 0.800. The van der Waals surface area contributed by atoms with E-state index in [1.54, 1.807) is 13.1 Å². The van der Waals surface area contributed by atoms with Gasteiger partial charge >= 0.3 is 0 Å². The van der Waals surface area contributed by atoms with Crippen molar-refractivity contribution in [1.82, 2.24) is 14.7 Å². The van der Waals surface area contributed by atoms with Gasteiger partial charge in [0.1, 0.15) is 0 Å². The van der Waals surface area contributed by atoms with Crippen LogP contribution in [-0.2, 0) is 27.7 Å². The molecule has 1 aliphatic heterocycles. The third kappa shape index (κ3) is 4.30. The molecule has 0 radical (unpaired) electrons. The van der Waals surface area contributed by atoms with Crippen molar-refractivity contribution in [3.8, 4) is 0 Å². The molecule has 0 spiro atoms. The lowest BCUT2D eigenvalue weighted by Crippen LogP contribution is -2.36. The van der Waals surface area contributed by atoms with Crippen LogP contribution < -0.4 is 0 Å². The average molecular weight is 327 g/mol. The minimum absolute atomic E-state index is 0.0890. The summed E-state index contributed by atoms with van der Waals surface area (Å²) in [6.07, 6.45) is 4.45. The van der Waals surface area contributed by atoms with Gasteiger partial charge in [-0.15, -0.1) is 0 Å². The van der Waals surface area contributed by atoms with Gasteiger partial charge in [-0.2, -0.15) is 5.10 Å². The van der Waals surface area contributed by atoms with Gasteiger partial charge in [-0.3, -0.25) is 9.58 Å². The van der Waals surface area contributed by atoms with E-state index in [1.165, 1.54) is 12.8 Å². The molecule has 1 fully saturated rings. The molecule has 2 aliphatic rings. The standard InChI is InChI=1S/C15H25N3O3S/c1-2-22(19,20)8-7-17-9-14-5-6-16-18(14)11-15(10-17)21-12-13-3-4-13/h5-6,13,15H,2-4,7-12H2,1H3. The largest absolute Gasteiger partial charge is 0.375 e. The summed E-state index contributed by atoms with van der Waals surface area (Å²) in [5, 5.41) is 4.36. The van der Waals surface area contributed by atoms with Crippen LogP contribution in [0.4, 0.5) is 0 Å². The Morgan fingerprint density at radius 3 is 2.91 bits per heavy atom. The fourth-order valence-corrected chi connectivity index (χ4v) is 3.56. The SMILES string of the molecule is CCS(=O)(=O)CCN1Cc2ccnn2CC(OCC2CC2)C1. The summed E-state index contributed by atoms with van der Waals surface area (Å²) in [6, 6.07) is 2.00. The Morgan fingerprint density at radius 1 is 1.36 bits per heavy atom. The van der Waals surface area contributed by atoms with Crippen LogP contribution in [0.25, 0.3) is 0 Å². The lowest BCUT2D eigenvalue weighted by atomic mass is 10.3. The van der Waals surface area contributed by atoms with E-state index < -0.39 is 9.84 Å². The molecular weight excluding hydrogens is 302 g/mol. The van der Waals surface area contributed by atoms with Gasteiger partial charge in [0, 0.05) is 38.2 Å². The number of sulfone groups is 1. The summed E-state index contributed by atoms with van der Waals surface area (Å²) in [7, 11) is -2.93. The fourth-order valence-electron chi connectivity index (χ4n) is 2.74. The van der Waals surface area contributed by atoms with Crippen LogP contribution in [0.3, 0.4) is 0 Å². The van der Waals surface area contributed by atoms with E-state index in [1.807, 2.05) is 10.7 Å².